The van der Waals surface area contributed by atoms with Gasteiger partial charge in [-0.3, -0.25) is 9.59 Å². The van der Waals surface area contributed by atoms with E-state index >= 15 is 0 Å². The molecule has 3 aliphatic rings. The van der Waals surface area contributed by atoms with Gasteiger partial charge in [-0.2, -0.15) is 0 Å². The largest absolute Gasteiger partial charge is 0.496 e. The minimum atomic E-state index is -0.619. The lowest BCUT2D eigenvalue weighted by molar-refractivity contribution is -0.206. The summed E-state index contributed by atoms with van der Waals surface area (Å²) >= 11 is 0. The molecule has 0 spiro atoms. The number of carbonyl (C=O) groups is 2. The Kier molecular flexibility index (Phi) is 4.13. The standard InChI is InChI=1S/C22H28O4/c1-14(23)26-22-12-10-17-16-5-4-6-20(25-3)18(16)7-8-19(17)21(22,2)11-9-15(24)13-22/h4-6,17,19H,7-13H2,1-3H3/t17-,19-,21+,22-/m1/s1. The molecule has 2 fully saturated rings. The molecule has 4 rings (SSSR count). The average molecular weight is 356 g/mol. The van der Waals surface area contributed by atoms with Gasteiger partial charge in [0.2, 0.25) is 0 Å². The highest BCUT2D eigenvalue weighted by Gasteiger charge is 2.62. The van der Waals surface area contributed by atoms with Crippen LogP contribution in [0.5, 0.6) is 5.75 Å². The first-order valence-electron chi connectivity index (χ1n) is 9.77. The van der Waals surface area contributed by atoms with Crippen LogP contribution in [0, 0.1) is 11.3 Å². The van der Waals surface area contributed by atoms with E-state index in [9.17, 15) is 9.59 Å². The van der Waals surface area contributed by atoms with Gasteiger partial charge >= 0.3 is 5.97 Å². The third-order valence-corrected chi connectivity index (χ3v) is 7.44. The molecule has 0 bridgehead atoms. The molecular formula is C22H28O4. The third-order valence-electron chi connectivity index (χ3n) is 7.44. The van der Waals surface area contributed by atoms with E-state index < -0.39 is 5.60 Å². The van der Waals surface area contributed by atoms with Gasteiger partial charge < -0.3 is 9.47 Å². The van der Waals surface area contributed by atoms with Crippen molar-refractivity contribution in [2.45, 2.75) is 70.3 Å². The first kappa shape index (κ1) is 17.6. The van der Waals surface area contributed by atoms with Crippen molar-refractivity contribution in [2.24, 2.45) is 11.3 Å². The zero-order chi connectivity index (χ0) is 18.5. The maximum atomic E-state index is 12.3. The van der Waals surface area contributed by atoms with Crippen molar-refractivity contribution in [1.29, 1.82) is 0 Å². The normalized spacial score (nSPS) is 35.7. The zero-order valence-electron chi connectivity index (χ0n) is 16.0. The van der Waals surface area contributed by atoms with E-state index in [0.29, 0.717) is 24.7 Å². The molecule has 1 aromatic carbocycles. The van der Waals surface area contributed by atoms with E-state index in [1.165, 1.54) is 18.1 Å². The van der Waals surface area contributed by atoms with Crippen LogP contribution < -0.4 is 4.74 Å². The molecule has 0 aliphatic heterocycles. The predicted molar refractivity (Wildman–Crippen MR) is 98.2 cm³/mol. The van der Waals surface area contributed by atoms with E-state index in [-0.39, 0.29) is 17.2 Å². The minimum Gasteiger partial charge on any atom is -0.496 e. The quantitative estimate of drug-likeness (QED) is 0.746. The van der Waals surface area contributed by atoms with Crippen LogP contribution in [0.2, 0.25) is 0 Å². The van der Waals surface area contributed by atoms with Gasteiger partial charge in [0.05, 0.1) is 7.11 Å². The number of fused-ring (bicyclic) bond motifs is 5. The lowest BCUT2D eigenvalue weighted by Crippen LogP contribution is -2.61. The van der Waals surface area contributed by atoms with E-state index in [1.54, 1.807) is 7.11 Å². The van der Waals surface area contributed by atoms with Gasteiger partial charge in [0, 0.05) is 25.2 Å². The Morgan fingerprint density at radius 2 is 2.00 bits per heavy atom. The number of rotatable bonds is 2. The Morgan fingerprint density at radius 1 is 1.19 bits per heavy atom. The van der Waals surface area contributed by atoms with Crippen LogP contribution in [0.1, 0.15) is 69.4 Å². The highest BCUT2D eigenvalue weighted by molar-refractivity contribution is 5.81. The smallest absolute Gasteiger partial charge is 0.303 e. The molecule has 0 saturated heterocycles. The van der Waals surface area contributed by atoms with Crippen molar-refractivity contribution in [1.82, 2.24) is 0 Å². The number of ketones is 1. The third kappa shape index (κ3) is 2.41. The number of hydrogen-bond acceptors (Lipinski definition) is 4. The predicted octanol–water partition coefficient (Wildman–Crippen LogP) is 4.20. The maximum absolute atomic E-state index is 12.3. The summed E-state index contributed by atoms with van der Waals surface area (Å²) in [6.07, 6.45) is 5.59. The van der Waals surface area contributed by atoms with Gasteiger partial charge in [0.1, 0.15) is 17.1 Å². The van der Waals surface area contributed by atoms with Crippen molar-refractivity contribution in [3.05, 3.63) is 29.3 Å². The number of methoxy groups -OCH3 is 1. The van der Waals surface area contributed by atoms with Crippen LogP contribution in [-0.2, 0) is 20.7 Å². The summed E-state index contributed by atoms with van der Waals surface area (Å²) in [7, 11) is 1.74. The molecule has 0 amide bonds. The molecule has 3 aliphatic carbocycles. The van der Waals surface area contributed by atoms with E-state index in [1.807, 2.05) is 6.07 Å². The summed E-state index contributed by atoms with van der Waals surface area (Å²) < 4.78 is 11.6. The summed E-state index contributed by atoms with van der Waals surface area (Å²) in [5.41, 5.74) is 1.98. The maximum Gasteiger partial charge on any atom is 0.303 e. The molecule has 4 nitrogen and oxygen atoms in total. The van der Waals surface area contributed by atoms with Crippen LogP contribution in [0.25, 0.3) is 0 Å². The first-order chi connectivity index (χ1) is 12.4. The van der Waals surface area contributed by atoms with Crippen LogP contribution in [0.4, 0.5) is 0 Å². The summed E-state index contributed by atoms with van der Waals surface area (Å²) in [6.45, 7) is 3.74. The van der Waals surface area contributed by atoms with Crippen molar-refractivity contribution in [3.8, 4) is 5.75 Å². The lowest BCUT2D eigenvalue weighted by atomic mass is 9.47. The van der Waals surface area contributed by atoms with Gasteiger partial charge in [-0.1, -0.05) is 19.1 Å². The van der Waals surface area contributed by atoms with E-state index in [0.717, 1.165) is 37.9 Å². The minimum absolute atomic E-state index is 0.143. The second-order valence-corrected chi connectivity index (χ2v) is 8.54. The van der Waals surface area contributed by atoms with Gasteiger partial charge in [-0.15, -0.1) is 0 Å². The fourth-order valence-electron chi connectivity index (χ4n) is 6.23. The van der Waals surface area contributed by atoms with Gasteiger partial charge in [-0.05, 0) is 61.1 Å². The summed E-state index contributed by atoms with van der Waals surface area (Å²) in [6, 6.07) is 6.37. The van der Waals surface area contributed by atoms with Crippen molar-refractivity contribution < 1.29 is 19.1 Å². The van der Waals surface area contributed by atoms with Crippen LogP contribution >= 0.6 is 0 Å². The monoisotopic (exact) mass is 356 g/mol. The number of hydrogen-bond donors (Lipinski definition) is 0. The number of carbonyl (C=O) groups excluding carboxylic acids is 2. The topological polar surface area (TPSA) is 52.6 Å². The Hall–Kier alpha value is -1.84. The Balaban J connectivity index is 1.77. The van der Waals surface area contributed by atoms with Crippen LogP contribution in [-0.4, -0.2) is 24.5 Å². The summed E-state index contributed by atoms with van der Waals surface area (Å²) in [5, 5.41) is 0. The molecule has 26 heavy (non-hydrogen) atoms. The molecule has 0 unspecified atom stereocenters. The first-order valence-corrected chi connectivity index (χ1v) is 9.77. The fraction of sp³-hybridized carbons (Fsp3) is 0.636. The van der Waals surface area contributed by atoms with E-state index in [2.05, 4.69) is 19.1 Å². The molecule has 0 aromatic heterocycles. The molecule has 1 aromatic rings. The van der Waals surface area contributed by atoms with E-state index in [4.69, 9.17) is 9.47 Å². The molecule has 2 saturated carbocycles. The highest BCUT2D eigenvalue weighted by Crippen LogP contribution is 2.63. The van der Waals surface area contributed by atoms with Crippen LogP contribution in [0.3, 0.4) is 0 Å². The molecule has 4 atom stereocenters. The SMILES string of the molecule is COc1cccc2c1CC[C@@H]1[C@@H]2CC[C@@]2(OC(C)=O)CC(=O)CC[C@@]12C. The Bertz CT molecular complexity index is 751. The molecule has 4 heteroatoms. The van der Waals surface area contributed by atoms with Gasteiger partial charge in [0.15, 0.2) is 0 Å². The molecule has 0 radical (unpaired) electrons. The molecule has 140 valence electrons. The second-order valence-electron chi connectivity index (χ2n) is 8.54. The molecular weight excluding hydrogens is 328 g/mol. The Morgan fingerprint density at radius 3 is 2.73 bits per heavy atom. The average Bonchev–Trinajstić information content (AvgIpc) is 2.61. The van der Waals surface area contributed by atoms with Crippen LogP contribution in [0.15, 0.2) is 18.2 Å². The lowest BCUT2D eigenvalue weighted by Gasteiger charge is -2.60. The number of ether oxygens (including phenoxy) is 2. The van der Waals surface area contributed by atoms with Gasteiger partial charge in [-0.25, -0.2) is 0 Å². The van der Waals surface area contributed by atoms with Crippen molar-refractivity contribution in [2.75, 3.05) is 7.11 Å². The molecule has 0 heterocycles. The van der Waals surface area contributed by atoms with Gasteiger partial charge in [0.25, 0.3) is 0 Å². The number of benzene rings is 1. The number of Topliss-reactive ketones (excluding diaryl/α,β-unsaturated/α-hetero) is 1. The molecule has 0 N–H and O–H groups in total. The highest BCUT2D eigenvalue weighted by atomic mass is 16.6. The zero-order valence-corrected chi connectivity index (χ0v) is 16.0. The fourth-order valence-corrected chi connectivity index (χ4v) is 6.23. The number of esters is 1. The summed E-state index contributed by atoms with van der Waals surface area (Å²) in [5.74, 6) is 1.85. The van der Waals surface area contributed by atoms with Crippen molar-refractivity contribution in [3.63, 3.8) is 0 Å². The second kappa shape index (κ2) is 6.11. The Labute approximate surface area is 155 Å². The summed E-state index contributed by atoms with van der Waals surface area (Å²) in [4.78, 5) is 24.2. The van der Waals surface area contributed by atoms with Crippen molar-refractivity contribution >= 4 is 11.8 Å².